The van der Waals surface area contributed by atoms with Crippen LogP contribution in [0, 0.1) is 0 Å². The molecule has 2 aromatic rings. The number of hydrogen-bond donors (Lipinski definition) is 1. The van der Waals surface area contributed by atoms with Crippen LogP contribution in [0.25, 0.3) is 0 Å². The van der Waals surface area contributed by atoms with Crippen molar-refractivity contribution in [3.8, 4) is 0 Å². The minimum absolute atomic E-state index is 0.547. The molecule has 4 nitrogen and oxygen atoms in total. The number of aromatic nitrogens is 1. The molecule has 0 amide bonds. The summed E-state index contributed by atoms with van der Waals surface area (Å²) in [6.07, 6.45) is 1.84. The van der Waals surface area contributed by atoms with Crippen molar-refractivity contribution >= 4 is 28.8 Å². The van der Waals surface area contributed by atoms with Crippen molar-refractivity contribution in [3.63, 3.8) is 0 Å². The molecule has 0 atom stereocenters. The molecule has 0 spiro atoms. The molecule has 126 valence electrons. The zero-order valence-corrected chi connectivity index (χ0v) is 15.1. The summed E-state index contributed by atoms with van der Waals surface area (Å²) in [6.45, 7) is 8.09. The fraction of sp³-hybridized carbons (Fsp3) is 0.368. The lowest BCUT2D eigenvalue weighted by Gasteiger charge is -2.36. The van der Waals surface area contributed by atoms with E-state index < -0.39 is 0 Å². The third-order valence-corrected chi connectivity index (χ3v) is 4.73. The summed E-state index contributed by atoms with van der Waals surface area (Å²) in [5, 5.41) is 4.15. The number of piperazine rings is 1. The van der Waals surface area contributed by atoms with Crippen LogP contribution < -0.4 is 10.2 Å². The first kappa shape index (κ1) is 16.7. The molecule has 2 heterocycles. The van der Waals surface area contributed by atoms with E-state index in [1.54, 1.807) is 0 Å². The summed E-state index contributed by atoms with van der Waals surface area (Å²) in [5.74, 6) is 1.59. The van der Waals surface area contributed by atoms with E-state index >= 15 is 0 Å². The van der Waals surface area contributed by atoms with Gasteiger partial charge in [0.2, 0.25) is 0 Å². The van der Waals surface area contributed by atoms with Gasteiger partial charge in [-0.2, -0.15) is 0 Å². The van der Waals surface area contributed by atoms with Crippen molar-refractivity contribution < 1.29 is 0 Å². The molecule has 0 unspecified atom stereocenters. The minimum Gasteiger partial charge on any atom is -0.353 e. The van der Waals surface area contributed by atoms with E-state index in [9.17, 15) is 0 Å². The first-order chi connectivity index (χ1) is 11.6. The molecule has 3 rings (SSSR count). The van der Waals surface area contributed by atoms with Crippen LogP contribution in [0.4, 0.5) is 11.5 Å². The third-order valence-electron chi connectivity index (χ3n) is 4.37. The van der Waals surface area contributed by atoms with Crippen molar-refractivity contribution in [2.24, 2.45) is 0 Å². The van der Waals surface area contributed by atoms with Gasteiger partial charge in [-0.3, -0.25) is 0 Å². The predicted octanol–water partition coefficient (Wildman–Crippen LogP) is 3.72. The second kappa shape index (κ2) is 7.62. The monoisotopic (exact) mass is 340 g/mol. The largest absolute Gasteiger partial charge is 0.353 e. The van der Waals surface area contributed by atoms with Gasteiger partial charge in [0.05, 0.1) is 0 Å². The van der Waals surface area contributed by atoms with Gasteiger partial charge in [0.15, 0.2) is 5.11 Å². The number of pyridine rings is 1. The van der Waals surface area contributed by atoms with Crippen molar-refractivity contribution in [1.29, 1.82) is 0 Å². The average Bonchev–Trinajstić information content (AvgIpc) is 2.63. The number of thiocarbonyl (C=S) groups is 1. The second-order valence-electron chi connectivity index (χ2n) is 6.37. The summed E-state index contributed by atoms with van der Waals surface area (Å²) < 4.78 is 0. The summed E-state index contributed by atoms with van der Waals surface area (Å²) in [7, 11) is 0. The molecule has 1 N–H and O–H groups in total. The van der Waals surface area contributed by atoms with Gasteiger partial charge in [-0.05, 0) is 48.0 Å². The summed E-state index contributed by atoms with van der Waals surface area (Å²) >= 11 is 5.58. The maximum atomic E-state index is 5.58. The summed E-state index contributed by atoms with van der Waals surface area (Å²) in [5.41, 5.74) is 2.40. The van der Waals surface area contributed by atoms with Crippen LogP contribution in [-0.4, -0.2) is 41.2 Å². The normalized spacial score (nSPS) is 14.8. The molecule has 1 aromatic carbocycles. The van der Waals surface area contributed by atoms with Gasteiger partial charge in [0.1, 0.15) is 5.82 Å². The highest BCUT2D eigenvalue weighted by Gasteiger charge is 2.19. The average molecular weight is 340 g/mol. The molecule has 0 saturated carbocycles. The smallest absolute Gasteiger partial charge is 0.173 e. The SMILES string of the molecule is CC(C)c1ccc(NC(=S)N2CCN(c3ccccn3)CC2)cc1. The Morgan fingerprint density at radius 2 is 1.75 bits per heavy atom. The van der Waals surface area contributed by atoms with Crippen LogP contribution in [0.5, 0.6) is 0 Å². The Morgan fingerprint density at radius 1 is 1.04 bits per heavy atom. The molecular weight excluding hydrogens is 316 g/mol. The van der Waals surface area contributed by atoms with Crippen LogP contribution in [0.15, 0.2) is 48.7 Å². The third kappa shape index (κ3) is 4.03. The van der Waals surface area contributed by atoms with E-state index in [0.29, 0.717) is 5.92 Å². The van der Waals surface area contributed by atoms with Gasteiger partial charge in [-0.1, -0.05) is 32.0 Å². The van der Waals surface area contributed by atoms with E-state index in [2.05, 4.69) is 64.3 Å². The lowest BCUT2D eigenvalue weighted by molar-refractivity contribution is 0.389. The molecule has 0 radical (unpaired) electrons. The zero-order valence-electron chi connectivity index (χ0n) is 14.3. The number of nitrogens with one attached hydrogen (secondary N) is 1. The Hall–Kier alpha value is -2.14. The van der Waals surface area contributed by atoms with E-state index in [0.717, 1.165) is 42.8 Å². The lowest BCUT2D eigenvalue weighted by atomic mass is 10.0. The fourth-order valence-corrected chi connectivity index (χ4v) is 3.13. The molecule has 0 bridgehead atoms. The van der Waals surface area contributed by atoms with Gasteiger partial charge in [0, 0.05) is 38.1 Å². The van der Waals surface area contributed by atoms with E-state index in [1.165, 1.54) is 5.56 Å². The lowest BCUT2D eigenvalue weighted by Crippen LogP contribution is -2.50. The Labute approximate surface area is 149 Å². The quantitative estimate of drug-likeness (QED) is 0.861. The molecular formula is C19H24N4S. The van der Waals surface area contributed by atoms with Gasteiger partial charge in [-0.15, -0.1) is 0 Å². The number of nitrogens with zero attached hydrogens (tertiary/aromatic N) is 3. The van der Waals surface area contributed by atoms with Crippen molar-refractivity contribution in [2.45, 2.75) is 19.8 Å². The minimum atomic E-state index is 0.547. The van der Waals surface area contributed by atoms with Crippen molar-refractivity contribution in [3.05, 3.63) is 54.2 Å². The molecule has 1 aliphatic rings. The number of rotatable bonds is 3. The number of benzene rings is 1. The van der Waals surface area contributed by atoms with E-state index in [4.69, 9.17) is 12.2 Å². The molecule has 1 fully saturated rings. The molecule has 1 aliphatic heterocycles. The highest BCUT2D eigenvalue weighted by atomic mass is 32.1. The topological polar surface area (TPSA) is 31.4 Å². The first-order valence-electron chi connectivity index (χ1n) is 8.45. The second-order valence-corrected chi connectivity index (χ2v) is 6.76. The molecule has 5 heteroatoms. The summed E-state index contributed by atoms with van der Waals surface area (Å²) in [6, 6.07) is 14.6. The maximum absolute atomic E-state index is 5.58. The van der Waals surface area contributed by atoms with Crippen LogP contribution in [0.3, 0.4) is 0 Å². The van der Waals surface area contributed by atoms with E-state index in [-0.39, 0.29) is 0 Å². The summed E-state index contributed by atoms with van der Waals surface area (Å²) in [4.78, 5) is 8.95. The predicted molar refractivity (Wildman–Crippen MR) is 105 cm³/mol. The van der Waals surface area contributed by atoms with Gasteiger partial charge in [0.25, 0.3) is 0 Å². The van der Waals surface area contributed by atoms with Crippen LogP contribution in [-0.2, 0) is 0 Å². The highest BCUT2D eigenvalue weighted by Crippen LogP contribution is 2.18. The Kier molecular flexibility index (Phi) is 5.30. The first-order valence-corrected chi connectivity index (χ1v) is 8.86. The Morgan fingerprint density at radius 3 is 2.33 bits per heavy atom. The molecule has 1 aromatic heterocycles. The van der Waals surface area contributed by atoms with Gasteiger partial charge in [-0.25, -0.2) is 4.98 Å². The molecule has 0 aliphatic carbocycles. The fourth-order valence-electron chi connectivity index (χ4n) is 2.83. The van der Waals surface area contributed by atoms with Crippen molar-refractivity contribution in [2.75, 3.05) is 36.4 Å². The Bertz CT molecular complexity index is 662. The standard InChI is InChI=1S/C19H24N4S/c1-15(2)16-6-8-17(9-7-16)21-19(24)23-13-11-22(12-14-23)18-5-3-4-10-20-18/h3-10,15H,11-14H2,1-2H3,(H,21,24). The molecule has 24 heavy (non-hydrogen) atoms. The Balaban J connectivity index is 1.53. The van der Waals surface area contributed by atoms with E-state index in [1.807, 2.05) is 18.3 Å². The van der Waals surface area contributed by atoms with Crippen molar-refractivity contribution in [1.82, 2.24) is 9.88 Å². The maximum Gasteiger partial charge on any atom is 0.173 e. The molecule has 1 saturated heterocycles. The van der Waals surface area contributed by atoms with Gasteiger partial charge < -0.3 is 15.1 Å². The number of hydrogen-bond acceptors (Lipinski definition) is 3. The van der Waals surface area contributed by atoms with Crippen LogP contribution in [0.2, 0.25) is 0 Å². The van der Waals surface area contributed by atoms with Gasteiger partial charge >= 0.3 is 0 Å². The van der Waals surface area contributed by atoms with Crippen LogP contribution in [0.1, 0.15) is 25.3 Å². The number of anilines is 2. The van der Waals surface area contributed by atoms with Crippen LogP contribution >= 0.6 is 12.2 Å². The highest BCUT2D eigenvalue weighted by molar-refractivity contribution is 7.80. The zero-order chi connectivity index (χ0) is 16.9.